The van der Waals surface area contributed by atoms with Crippen molar-refractivity contribution in [1.29, 1.82) is 0 Å². The Hall–Kier alpha value is -0.0313. The Labute approximate surface area is 167 Å². The van der Waals surface area contributed by atoms with Crippen LogP contribution in [0.15, 0.2) is 28.7 Å². The summed E-state index contributed by atoms with van der Waals surface area (Å²) in [6.45, 7) is 8.39. The first-order chi connectivity index (χ1) is 12.0. The molecule has 0 unspecified atom stereocenters. The molecular weight excluding hydrogens is 483 g/mol. The van der Waals surface area contributed by atoms with Crippen LogP contribution in [0.2, 0.25) is 13.3 Å². The van der Waals surface area contributed by atoms with Gasteiger partial charge in [0.25, 0.3) is 0 Å². The summed E-state index contributed by atoms with van der Waals surface area (Å²) in [7, 11) is 0. The molecule has 0 aliphatic heterocycles. The molecule has 0 aromatic heterocycles. The summed E-state index contributed by atoms with van der Waals surface area (Å²) >= 11 is 0.837. The second kappa shape index (κ2) is 12.4. The van der Waals surface area contributed by atoms with Gasteiger partial charge in [-0.1, -0.05) is 0 Å². The summed E-state index contributed by atoms with van der Waals surface area (Å²) in [6, 6.07) is 8.49. The van der Waals surface area contributed by atoms with Gasteiger partial charge in [-0.3, -0.25) is 0 Å². The molecule has 0 saturated carbocycles. The van der Waals surface area contributed by atoms with Gasteiger partial charge in [-0.25, -0.2) is 0 Å². The van der Waals surface area contributed by atoms with Gasteiger partial charge < -0.3 is 0 Å². The Morgan fingerprint density at radius 1 is 0.960 bits per heavy atom. The summed E-state index contributed by atoms with van der Waals surface area (Å²) in [5.74, 6) is -0.126. The Balaban J connectivity index is 3.30. The van der Waals surface area contributed by atoms with E-state index >= 15 is 0 Å². The molecule has 0 heterocycles. The van der Waals surface area contributed by atoms with Crippen molar-refractivity contribution in [2.24, 2.45) is 0 Å². The fourth-order valence-corrected chi connectivity index (χ4v) is 21.2. The van der Waals surface area contributed by atoms with Gasteiger partial charge in [0.15, 0.2) is 0 Å². The third kappa shape index (κ3) is 7.62. The zero-order valence-electron chi connectivity index (χ0n) is 16.4. The number of benzene rings is 1. The van der Waals surface area contributed by atoms with Gasteiger partial charge in [0.05, 0.1) is 0 Å². The molecule has 0 amide bonds. The van der Waals surface area contributed by atoms with E-state index in [1.54, 1.807) is 6.92 Å². The number of carbonyl (C=O) groups excluding carboxylic acids is 1. The number of esters is 1. The first-order valence-corrected chi connectivity index (χ1v) is 18.4. The van der Waals surface area contributed by atoms with E-state index in [9.17, 15) is 4.79 Å². The average molecular weight is 518 g/mol. The van der Waals surface area contributed by atoms with Crippen molar-refractivity contribution >= 4 is 40.3 Å². The van der Waals surface area contributed by atoms with Crippen LogP contribution in [0, 0.1) is 0 Å². The zero-order valence-corrected chi connectivity index (χ0v) is 20.9. The molecule has 0 aliphatic carbocycles. The molecule has 1 rings (SSSR count). The summed E-state index contributed by atoms with van der Waals surface area (Å²) in [6.07, 6.45) is 7.51. The maximum atomic E-state index is 12.0. The number of ether oxygens (including phenoxy) is 1. The number of hydrogen-bond acceptors (Lipinski definition) is 2. The van der Waals surface area contributed by atoms with Crippen LogP contribution in [-0.4, -0.2) is 24.3 Å². The molecule has 0 bridgehead atoms. The van der Waals surface area contributed by atoms with Gasteiger partial charge in [-0.2, -0.15) is 0 Å². The zero-order chi connectivity index (χ0) is 18.7. The monoisotopic (exact) mass is 518 g/mol. The third-order valence-corrected chi connectivity index (χ3v) is 21.6. The first kappa shape index (κ1) is 23.0. The summed E-state index contributed by atoms with van der Waals surface area (Å²) < 4.78 is 11.2. The normalized spacial score (nSPS) is 12.8. The van der Waals surface area contributed by atoms with E-state index in [1.807, 2.05) is 0 Å². The van der Waals surface area contributed by atoms with E-state index in [-0.39, 0.29) is 10.1 Å². The van der Waals surface area contributed by atoms with Crippen LogP contribution < -0.4 is 0 Å². The van der Waals surface area contributed by atoms with Gasteiger partial charge >= 0.3 is 168 Å². The molecular formula is C21H35BrO2Sn. The Morgan fingerprint density at radius 2 is 1.40 bits per heavy atom. The number of carbonyl (C=O) groups is 1. The molecule has 4 heteroatoms. The minimum atomic E-state index is -2.69. The quantitative estimate of drug-likeness (QED) is 0.213. The van der Waals surface area contributed by atoms with Crippen LogP contribution in [0.3, 0.4) is 0 Å². The topological polar surface area (TPSA) is 26.3 Å². The number of halogens is 1. The molecule has 0 aliphatic rings. The molecule has 0 saturated heterocycles. The molecule has 25 heavy (non-hydrogen) atoms. The molecule has 1 atom stereocenters. The van der Waals surface area contributed by atoms with Gasteiger partial charge in [-0.15, -0.1) is 0 Å². The van der Waals surface area contributed by atoms with Crippen molar-refractivity contribution in [2.45, 2.75) is 83.6 Å². The fraction of sp³-hybridized carbons (Fsp3) is 0.667. The van der Waals surface area contributed by atoms with Gasteiger partial charge in [-0.05, 0) is 0 Å². The van der Waals surface area contributed by atoms with E-state index in [4.69, 9.17) is 4.74 Å². The number of unbranched alkanes of at least 4 members (excludes halogenated alkanes) is 3. The first-order valence-electron chi connectivity index (χ1n) is 9.91. The molecule has 0 spiro atoms. The molecule has 1 aromatic rings. The number of hydrogen-bond donors (Lipinski definition) is 0. The van der Waals surface area contributed by atoms with E-state index < -0.39 is 18.4 Å². The van der Waals surface area contributed by atoms with Crippen LogP contribution >= 0.6 is 15.9 Å². The van der Waals surface area contributed by atoms with Crippen molar-refractivity contribution < 1.29 is 9.53 Å². The summed E-state index contributed by atoms with van der Waals surface area (Å²) in [5.41, 5.74) is 1.22. The maximum absolute atomic E-state index is 12.0. The predicted molar refractivity (Wildman–Crippen MR) is 114 cm³/mol. The SMILES string of the molecule is CCC[CH2][Sn]([CH2]CCC)([CH2]CCC)[C@H](OC(C)=O)c1ccc(Br)cc1. The Kier molecular flexibility index (Phi) is 11.4. The molecule has 0 radical (unpaired) electrons. The molecule has 142 valence electrons. The van der Waals surface area contributed by atoms with E-state index in [2.05, 4.69) is 61.0 Å². The third-order valence-electron chi connectivity index (χ3n) is 5.10. The van der Waals surface area contributed by atoms with E-state index in [0.29, 0.717) is 0 Å². The van der Waals surface area contributed by atoms with E-state index in [0.717, 1.165) is 4.47 Å². The van der Waals surface area contributed by atoms with Crippen LogP contribution in [0.1, 0.15) is 75.9 Å². The van der Waals surface area contributed by atoms with Crippen LogP contribution in [-0.2, 0) is 9.53 Å². The summed E-state index contributed by atoms with van der Waals surface area (Å²) in [4.78, 5) is 12.0. The molecule has 1 aromatic carbocycles. The second-order valence-corrected chi connectivity index (χ2v) is 21.7. The Bertz CT molecular complexity index is 479. The second-order valence-electron chi connectivity index (χ2n) is 7.21. The van der Waals surface area contributed by atoms with Crippen LogP contribution in [0.5, 0.6) is 0 Å². The van der Waals surface area contributed by atoms with Crippen molar-refractivity contribution in [3.05, 3.63) is 34.3 Å². The summed E-state index contributed by atoms with van der Waals surface area (Å²) in [5, 5.41) is 0. The van der Waals surface area contributed by atoms with Crippen molar-refractivity contribution in [3.8, 4) is 0 Å². The average Bonchev–Trinajstić information content (AvgIpc) is 2.60. The van der Waals surface area contributed by atoms with Crippen molar-refractivity contribution in [3.63, 3.8) is 0 Å². The number of rotatable bonds is 12. The standard InChI is InChI=1S/C9H8BrO2.3C4H9.Sn/c1-7(11)12-6-8-2-4-9(10)5-3-8;3*1-3-4-2;/h2-6H,1H3;3*1,3-4H2,2H3;. The van der Waals surface area contributed by atoms with Crippen molar-refractivity contribution in [1.82, 2.24) is 0 Å². The van der Waals surface area contributed by atoms with E-state index in [1.165, 1.54) is 57.4 Å². The fourth-order valence-electron chi connectivity index (χ4n) is 3.70. The van der Waals surface area contributed by atoms with Gasteiger partial charge in [0.2, 0.25) is 0 Å². The van der Waals surface area contributed by atoms with Gasteiger partial charge in [0.1, 0.15) is 0 Å². The molecule has 0 N–H and O–H groups in total. The van der Waals surface area contributed by atoms with Crippen LogP contribution in [0.4, 0.5) is 0 Å². The van der Waals surface area contributed by atoms with Crippen LogP contribution in [0.25, 0.3) is 0 Å². The van der Waals surface area contributed by atoms with Crippen molar-refractivity contribution in [2.75, 3.05) is 0 Å². The van der Waals surface area contributed by atoms with Gasteiger partial charge in [0, 0.05) is 0 Å². The molecule has 2 nitrogen and oxygen atoms in total. The Morgan fingerprint density at radius 3 is 1.76 bits per heavy atom. The predicted octanol–water partition coefficient (Wildman–Crippen LogP) is 7.44. The minimum absolute atomic E-state index is 0.0598. The molecule has 0 fully saturated rings.